The Balaban J connectivity index is 0.000000188. The number of anilines is 2. The van der Waals surface area contributed by atoms with E-state index in [-0.39, 0.29) is 70.9 Å². The average molecular weight is 951 g/mol. The highest BCUT2D eigenvalue weighted by molar-refractivity contribution is 6.75. The molecule has 69 heavy (non-hydrogen) atoms. The van der Waals surface area contributed by atoms with Gasteiger partial charge in [-0.15, -0.1) is 0 Å². The van der Waals surface area contributed by atoms with Gasteiger partial charge in [-0.05, 0) is 115 Å². The van der Waals surface area contributed by atoms with Gasteiger partial charge in [-0.2, -0.15) is 0 Å². The van der Waals surface area contributed by atoms with Gasteiger partial charge >= 0.3 is 12.2 Å². The van der Waals surface area contributed by atoms with Gasteiger partial charge in [0, 0.05) is 66.6 Å². The van der Waals surface area contributed by atoms with Crippen molar-refractivity contribution < 1.29 is 47.5 Å². The number of nitrogens with zero attached hydrogens (tertiary/aromatic N) is 2. The minimum absolute atomic E-state index is 0.0178. The Morgan fingerprint density at radius 2 is 1.22 bits per heavy atom. The number of epoxide rings is 4. The molecule has 12 atom stereocenters. The predicted molar refractivity (Wildman–Crippen MR) is 265 cm³/mol. The first kappa shape index (κ1) is 53.7. The summed E-state index contributed by atoms with van der Waals surface area (Å²) in [4.78, 5) is 28.8. The number of hydrogen-bond donors (Lipinski definition) is 4. The molecule has 5 heterocycles. The van der Waals surface area contributed by atoms with Crippen molar-refractivity contribution in [1.82, 2.24) is 14.9 Å². The van der Waals surface area contributed by atoms with Crippen molar-refractivity contribution >= 4 is 39.0 Å². The van der Waals surface area contributed by atoms with Crippen LogP contribution in [0, 0.1) is 11.8 Å². The fourth-order valence-electron chi connectivity index (χ4n) is 10.3. The summed E-state index contributed by atoms with van der Waals surface area (Å²) in [6.45, 7) is 15.0. The molecule has 6 fully saturated rings. The highest BCUT2D eigenvalue weighted by atomic mass is 16.6. The maximum absolute atomic E-state index is 12.5. The van der Waals surface area contributed by atoms with E-state index in [4.69, 9.17) is 55.1 Å². The van der Waals surface area contributed by atoms with Crippen molar-refractivity contribution in [3.63, 3.8) is 0 Å². The molecule has 2 aromatic carbocycles. The van der Waals surface area contributed by atoms with Gasteiger partial charge < -0.3 is 60.4 Å². The van der Waals surface area contributed by atoms with Gasteiger partial charge in [0.15, 0.2) is 0 Å². The summed E-state index contributed by atoms with van der Waals surface area (Å²) < 4.78 is 49.0. The van der Waals surface area contributed by atoms with Crippen LogP contribution in [0.2, 0.25) is 0 Å². The Bertz CT molecular complexity index is 2200. The summed E-state index contributed by atoms with van der Waals surface area (Å²) in [5.74, 6) is 0.0455. The fraction of sp³-hybridized carbons (Fsp3) is 0.588. The molecule has 9 rings (SSSR count). The molecule has 3 aromatic rings. The highest BCUT2D eigenvalue weighted by Crippen LogP contribution is 2.61. The monoisotopic (exact) mass is 951 g/mol. The lowest BCUT2D eigenvalue weighted by atomic mass is 9.68. The summed E-state index contributed by atoms with van der Waals surface area (Å²) in [5, 5.41) is 2.83. The lowest BCUT2D eigenvalue weighted by molar-refractivity contribution is -0.118. The fourth-order valence-corrected chi connectivity index (χ4v) is 10.3. The van der Waals surface area contributed by atoms with E-state index in [9.17, 15) is 9.59 Å². The van der Waals surface area contributed by atoms with Crippen molar-refractivity contribution in [2.45, 2.75) is 152 Å². The van der Waals surface area contributed by atoms with E-state index in [2.05, 4.69) is 79.5 Å². The van der Waals surface area contributed by atoms with E-state index in [1.165, 1.54) is 22.0 Å². The second-order valence-electron chi connectivity index (χ2n) is 19.6. The van der Waals surface area contributed by atoms with Crippen LogP contribution < -0.4 is 22.5 Å². The molecule has 2 spiro atoms. The van der Waals surface area contributed by atoms with Crippen LogP contribution in [0.25, 0.3) is 0 Å². The second kappa shape index (κ2) is 23.0. The van der Waals surface area contributed by atoms with E-state index in [0.29, 0.717) is 44.8 Å². The van der Waals surface area contributed by atoms with Crippen molar-refractivity contribution in [2.24, 2.45) is 17.6 Å². The molecule has 4 saturated heterocycles. The third-order valence-electron chi connectivity index (χ3n) is 14.3. The quantitative estimate of drug-likeness (QED) is 0.0622. The van der Waals surface area contributed by atoms with Crippen LogP contribution in [-0.4, -0.2) is 124 Å². The van der Waals surface area contributed by atoms with Gasteiger partial charge in [0.05, 0.1) is 37.3 Å². The molecule has 0 bridgehead atoms. The van der Waals surface area contributed by atoms with Crippen molar-refractivity contribution in [1.29, 1.82) is 0 Å². The van der Waals surface area contributed by atoms with E-state index in [1.807, 2.05) is 48.5 Å². The molecule has 7 N–H and O–H groups in total. The second-order valence-corrected chi connectivity index (χ2v) is 19.6. The summed E-state index contributed by atoms with van der Waals surface area (Å²) in [6, 6.07) is 14.9. The van der Waals surface area contributed by atoms with Crippen molar-refractivity contribution in [3.8, 4) is 0 Å². The van der Waals surface area contributed by atoms with Gasteiger partial charge in [0.1, 0.15) is 53.1 Å². The van der Waals surface area contributed by atoms with Crippen LogP contribution in [-0.2, 0) is 51.0 Å². The zero-order valence-corrected chi connectivity index (χ0v) is 41.6. The summed E-state index contributed by atoms with van der Waals surface area (Å²) in [6.07, 6.45) is 12.0. The predicted octanol–water partition coefficient (Wildman–Crippen LogP) is 6.48. The molecule has 372 valence electrons. The Morgan fingerprint density at radius 3 is 1.61 bits per heavy atom. The minimum Gasteiger partial charge on any atom is -0.443 e. The number of ether oxygens (including phenoxy) is 8. The number of methoxy groups -OCH3 is 2. The van der Waals surface area contributed by atoms with Gasteiger partial charge in [-0.3, -0.25) is 0 Å². The number of rotatable bonds is 13. The van der Waals surface area contributed by atoms with Gasteiger partial charge in [-0.1, -0.05) is 47.6 Å². The van der Waals surface area contributed by atoms with Crippen LogP contribution in [0.5, 0.6) is 0 Å². The van der Waals surface area contributed by atoms with Gasteiger partial charge in [0.25, 0.3) is 0 Å². The maximum Gasteiger partial charge on any atom is 0.419 e. The SMILES string of the molecule is CO[C@@H]1[C@H](OC(=O)NCc2ccc(N)cc2)CC[C@]2(CO2)[C@H]1[C@]1(C)O[C@@H]1CC=C(C)C.CO[C@@H]1[C@H](OC(=O)n2ccnc2)CC[C@]2(CO2)[C@H]1[C@]1(C)O[C@@H]1CC=C(C)C.NCc1ccc(N)cc1.[B][B]. The van der Waals surface area contributed by atoms with Gasteiger partial charge in [0.2, 0.25) is 0 Å². The summed E-state index contributed by atoms with van der Waals surface area (Å²) in [7, 11) is 11.4. The number of aromatic nitrogens is 2. The number of benzene rings is 2. The molecule has 0 unspecified atom stereocenters. The number of allylic oxidation sites excluding steroid dienone is 2. The molecule has 6 aliphatic rings. The van der Waals surface area contributed by atoms with Crippen LogP contribution in [0.1, 0.15) is 91.2 Å². The molecular weight excluding hydrogens is 878 g/mol. The van der Waals surface area contributed by atoms with Crippen molar-refractivity contribution in [2.75, 3.05) is 38.9 Å². The lowest BCUT2D eigenvalue weighted by Crippen LogP contribution is -2.56. The number of imidazole rings is 1. The van der Waals surface area contributed by atoms with E-state index in [0.717, 1.165) is 42.5 Å². The zero-order chi connectivity index (χ0) is 50.1. The topological polar surface area (TPSA) is 229 Å². The maximum atomic E-state index is 12.5. The number of alkyl carbamates (subject to hydrolysis) is 1. The lowest BCUT2D eigenvalue weighted by Gasteiger charge is -2.42. The molecule has 18 heteroatoms. The number of hydrogen-bond acceptors (Lipinski definition) is 14. The third kappa shape index (κ3) is 13.0. The standard InChI is InChI=1S/C24H34N2O5.C20H28N2O5.C7H10N2.B2/c1-15(2)5-10-19-23(3,31-19)21-20(28-4)18(11-12-24(21)14-29-24)30-22(27)26-13-16-6-8-17(25)9-7-16;1-13(2)5-6-15-19(3,27-15)17-16(24-4)14(7-8-20(17)11-25-20)26-18(23)22-10-9-21-12-22;8-5-6-1-3-7(9)4-2-6;1-2/h5-9,18-21H,10-14,25H2,1-4H3,(H,26,27);5,9-10,12,14-17H,6-8,11H2,1-4H3;1-4H,5,8-9H2;/t18-,19-,20-,21-,23-,24+;14-,15-,16-,17-,19-,20+;;/m11../s1. The van der Waals surface area contributed by atoms with Crippen LogP contribution in [0.3, 0.4) is 0 Å². The van der Waals surface area contributed by atoms with E-state index < -0.39 is 12.2 Å². The van der Waals surface area contributed by atoms with Crippen LogP contribution in [0.15, 0.2) is 90.6 Å². The molecule has 1 aromatic heterocycles. The third-order valence-corrected chi connectivity index (χ3v) is 14.3. The number of amides is 1. The van der Waals surface area contributed by atoms with Gasteiger partial charge in [-0.25, -0.2) is 19.1 Å². The Hall–Kier alpha value is -4.68. The normalized spacial score (nSPS) is 33.1. The molecule has 1 amide bonds. The van der Waals surface area contributed by atoms with E-state index in [1.54, 1.807) is 26.6 Å². The minimum atomic E-state index is -0.446. The van der Waals surface area contributed by atoms with Crippen LogP contribution >= 0.6 is 0 Å². The number of carbonyl (C=O) groups is 2. The summed E-state index contributed by atoms with van der Waals surface area (Å²) >= 11 is 0. The molecule has 4 aliphatic heterocycles. The van der Waals surface area contributed by atoms with E-state index >= 15 is 0 Å². The average Bonchev–Trinajstić information content (AvgIpc) is 4.31. The Labute approximate surface area is 410 Å². The van der Waals surface area contributed by atoms with Crippen molar-refractivity contribution in [3.05, 3.63) is 102 Å². The number of nitrogens with one attached hydrogen (secondary N) is 1. The molecule has 4 radical (unpaired) electrons. The Morgan fingerprint density at radius 1 is 0.768 bits per heavy atom. The number of nitrogen functional groups attached to an aromatic ring is 2. The molecule has 16 nitrogen and oxygen atoms in total. The number of nitrogens with two attached hydrogens (primary N) is 3. The summed E-state index contributed by atoms with van der Waals surface area (Å²) in [5.41, 5.74) is 21.5. The molecule has 2 aliphatic carbocycles. The molecule has 2 saturated carbocycles. The smallest absolute Gasteiger partial charge is 0.419 e. The highest BCUT2D eigenvalue weighted by Gasteiger charge is 2.73. The largest absolute Gasteiger partial charge is 0.443 e. The zero-order valence-electron chi connectivity index (χ0n) is 41.6. The first-order valence-corrected chi connectivity index (χ1v) is 23.8. The molecular formula is C51H72B2N6O10. The first-order valence-electron chi connectivity index (χ1n) is 23.8. The number of carbonyl (C=O) groups excluding carboxylic acids is 2. The van der Waals surface area contributed by atoms with Crippen LogP contribution in [0.4, 0.5) is 21.0 Å². The first-order chi connectivity index (χ1) is 33.0. The Kier molecular flexibility index (Phi) is 17.9.